The molecule has 3 nitrogen and oxygen atoms in total. The Hall–Kier alpha value is -0.640. The van der Waals surface area contributed by atoms with E-state index in [4.69, 9.17) is 5.73 Å². The fraction of sp³-hybridized carbons (Fsp3) is 0.615. The van der Waals surface area contributed by atoms with Gasteiger partial charge in [0.05, 0.1) is 0 Å². The van der Waals surface area contributed by atoms with E-state index < -0.39 is 0 Å². The Morgan fingerprint density at radius 2 is 2.06 bits per heavy atom. The number of pyridine rings is 1. The molecule has 0 aromatic carbocycles. The van der Waals surface area contributed by atoms with Gasteiger partial charge in [-0.1, -0.05) is 13.8 Å². The molecule has 1 aromatic heterocycles. The topological polar surface area (TPSA) is 42.2 Å². The molecule has 0 aliphatic rings. The van der Waals surface area contributed by atoms with Crippen LogP contribution in [-0.4, -0.2) is 30.0 Å². The Labute approximate surface area is 111 Å². The second-order valence-electron chi connectivity index (χ2n) is 5.34. The molecule has 0 amide bonds. The number of aryl methyl sites for hydroxylation is 1. The van der Waals surface area contributed by atoms with E-state index >= 15 is 0 Å². The van der Waals surface area contributed by atoms with Crippen LogP contribution in [0.4, 0.5) is 0 Å². The highest BCUT2D eigenvalue weighted by Gasteiger charge is 2.18. The van der Waals surface area contributed by atoms with Gasteiger partial charge >= 0.3 is 0 Å². The Morgan fingerprint density at radius 3 is 2.59 bits per heavy atom. The summed E-state index contributed by atoms with van der Waals surface area (Å²) in [7, 11) is 2.13. The molecule has 0 saturated carbocycles. The molecule has 0 unspecified atom stereocenters. The molecule has 0 bridgehead atoms. The normalized spacial score (nSPS) is 11.4. The minimum atomic E-state index is 0. The monoisotopic (exact) mass is 257 g/mol. The average Bonchev–Trinajstić information content (AvgIpc) is 2.21. The zero-order valence-corrected chi connectivity index (χ0v) is 12.0. The lowest BCUT2D eigenvalue weighted by molar-refractivity contribution is 0.209. The van der Waals surface area contributed by atoms with Crippen molar-refractivity contribution in [3.05, 3.63) is 29.6 Å². The van der Waals surface area contributed by atoms with E-state index in [0.717, 1.165) is 13.1 Å². The first-order chi connectivity index (χ1) is 7.44. The van der Waals surface area contributed by atoms with Crippen LogP contribution in [0.1, 0.15) is 25.0 Å². The Kier molecular flexibility index (Phi) is 6.68. The number of halogens is 1. The molecule has 17 heavy (non-hydrogen) atoms. The Balaban J connectivity index is 0.00000256. The molecule has 0 atom stereocenters. The third kappa shape index (κ3) is 5.48. The molecule has 0 fully saturated rings. The second kappa shape index (κ2) is 6.94. The van der Waals surface area contributed by atoms with Gasteiger partial charge in [-0.05, 0) is 43.1 Å². The van der Waals surface area contributed by atoms with Crippen LogP contribution in [0.25, 0.3) is 0 Å². The molecule has 1 heterocycles. The summed E-state index contributed by atoms with van der Waals surface area (Å²) in [6.45, 7) is 9.16. The zero-order valence-electron chi connectivity index (χ0n) is 11.2. The van der Waals surface area contributed by atoms with Gasteiger partial charge in [0.25, 0.3) is 0 Å². The number of nitrogens with two attached hydrogens (primary N) is 1. The van der Waals surface area contributed by atoms with E-state index in [0.29, 0.717) is 6.54 Å². The summed E-state index contributed by atoms with van der Waals surface area (Å²) in [5.41, 5.74) is 8.50. The molecule has 0 spiro atoms. The van der Waals surface area contributed by atoms with Gasteiger partial charge in [0.2, 0.25) is 0 Å². The number of aromatic nitrogens is 1. The first kappa shape index (κ1) is 16.4. The van der Waals surface area contributed by atoms with Gasteiger partial charge in [-0.3, -0.25) is 4.98 Å². The van der Waals surface area contributed by atoms with E-state index in [1.54, 1.807) is 0 Å². The standard InChI is InChI=1S/C13H23N3.ClH/c1-11-5-6-15-7-12(11)8-16(4)10-13(2,3)9-14;/h5-7H,8-10,14H2,1-4H3;1H. The highest BCUT2D eigenvalue weighted by Crippen LogP contribution is 2.16. The number of hydrogen-bond acceptors (Lipinski definition) is 3. The van der Waals surface area contributed by atoms with Crippen LogP contribution in [0.15, 0.2) is 18.5 Å². The number of hydrogen-bond donors (Lipinski definition) is 1. The molecule has 0 aliphatic heterocycles. The van der Waals surface area contributed by atoms with E-state index in [2.05, 4.69) is 43.8 Å². The smallest absolute Gasteiger partial charge is 0.0315 e. The first-order valence-corrected chi connectivity index (χ1v) is 5.73. The molecule has 1 rings (SSSR count). The van der Waals surface area contributed by atoms with Gasteiger partial charge in [0, 0.05) is 25.5 Å². The highest BCUT2D eigenvalue weighted by atomic mass is 35.5. The van der Waals surface area contributed by atoms with Crippen molar-refractivity contribution in [2.24, 2.45) is 11.1 Å². The van der Waals surface area contributed by atoms with E-state index in [9.17, 15) is 0 Å². The number of nitrogens with zero attached hydrogens (tertiary/aromatic N) is 2. The lowest BCUT2D eigenvalue weighted by Crippen LogP contribution is -2.36. The predicted octanol–water partition coefficient (Wildman–Crippen LogP) is 2.23. The van der Waals surface area contributed by atoms with Gasteiger partial charge in [-0.15, -0.1) is 12.4 Å². The van der Waals surface area contributed by atoms with Crippen molar-refractivity contribution in [3.8, 4) is 0 Å². The molecule has 0 saturated heterocycles. The summed E-state index contributed by atoms with van der Waals surface area (Å²) in [4.78, 5) is 6.47. The summed E-state index contributed by atoms with van der Waals surface area (Å²) in [5, 5.41) is 0. The second-order valence-corrected chi connectivity index (χ2v) is 5.34. The van der Waals surface area contributed by atoms with Crippen molar-refractivity contribution >= 4 is 12.4 Å². The van der Waals surface area contributed by atoms with Crippen LogP contribution in [-0.2, 0) is 6.54 Å². The Bertz CT molecular complexity index is 339. The van der Waals surface area contributed by atoms with Crippen LogP contribution >= 0.6 is 12.4 Å². The van der Waals surface area contributed by atoms with Crippen molar-refractivity contribution in [2.75, 3.05) is 20.1 Å². The molecule has 0 radical (unpaired) electrons. The highest BCUT2D eigenvalue weighted by molar-refractivity contribution is 5.85. The first-order valence-electron chi connectivity index (χ1n) is 5.73. The zero-order chi connectivity index (χ0) is 12.2. The molecule has 0 aliphatic carbocycles. The minimum Gasteiger partial charge on any atom is -0.330 e. The minimum absolute atomic E-state index is 0. The largest absolute Gasteiger partial charge is 0.330 e. The predicted molar refractivity (Wildman–Crippen MR) is 75.4 cm³/mol. The van der Waals surface area contributed by atoms with E-state index in [-0.39, 0.29) is 17.8 Å². The third-order valence-electron chi connectivity index (χ3n) is 2.84. The lowest BCUT2D eigenvalue weighted by atomic mass is 9.93. The van der Waals surface area contributed by atoms with Gasteiger partial charge < -0.3 is 10.6 Å². The fourth-order valence-electron chi connectivity index (χ4n) is 1.80. The molecular weight excluding hydrogens is 234 g/mol. The fourth-order valence-corrected chi connectivity index (χ4v) is 1.80. The van der Waals surface area contributed by atoms with Crippen LogP contribution in [0.2, 0.25) is 0 Å². The van der Waals surface area contributed by atoms with Crippen molar-refractivity contribution < 1.29 is 0 Å². The molecule has 2 N–H and O–H groups in total. The maximum absolute atomic E-state index is 5.74. The van der Waals surface area contributed by atoms with Crippen molar-refractivity contribution in [1.29, 1.82) is 0 Å². The van der Waals surface area contributed by atoms with Gasteiger partial charge in [-0.25, -0.2) is 0 Å². The van der Waals surface area contributed by atoms with Gasteiger partial charge in [-0.2, -0.15) is 0 Å². The summed E-state index contributed by atoms with van der Waals surface area (Å²) in [5.74, 6) is 0. The SMILES string of the molecule is Cc1ccncc1CN(C)CC(C)(C)CN.Cl. The third-order valence-corrected chi connectivity index (χ3v) is 2.84. The molecular formula is C13H24ClN3. The van der Waals surface area contributed by atoms with Crippen LogP contribution in [0.5, 0.6) is 0 Å². The molecule has 4 heteroatoms. The maximum Gasteiger partial charge on any atom is 0.0315 e. The van der Waals surface area contributed by atoms with Crippen molar-refractivity contribution in [3.63, 3.8) is 0 Å². The summed E-state index contributed by atoms with van der Waals surface area (Å²) >= 11 is 0. The average molecular weight is 258 g/mol. The van der Waals surface area contributed by atoms with Crippen LogP contribution < -0.4 is 5.73 Å². The summed E-state index contributed by atoms with van der Waals surface area (Å²) in [6, 6.07) is 2.05. The van der Waals surface area contributed by atoms with Crippen LogP contribution in [0.3, 0.4) is 0 Å². The van der Waals surface area contributed by atoms with Gasteiger partial charge in [0.1, 0.15) is 0 Å². The van der Waals surface area contributed by atoms with Crippen LogP contribution in [0, 0.1) is 12.3 Å². The quantitative estimate of drug-likeness (QED) is 0.880. The molecule has 1 aromatic rings. The summed E-state index contributed by atoms with van der Waals surface area (Å²) < 4.78 is 0. The van der Waals surface area contributed by atoms with E-state index in [1.165, 1.54) is 11.1 Å². The maximum atomic E-state index is 5.74. The summed E-state index contributed by atoms with van der Waals surface area (Å²) in [6.07, 6.45) is 3.78. The lowest BCUT2D eigenvalue weighted by Gasteiger charge is -2.29. The molecule has 98 valence electrons. The van der Waals surface area contributed by atoms with Crippen molar-refractivity contribution in [2.45, 2.75) is 27.3 Å². The van der Waals surface area contributed by atoms with Crippen molar-refractivity contribution in [1.82, 2.24) is 9.88 Å². The van der Waals surface area contributed by atoms with E-state index in [1.807, 2.05) is 12.4 Å². The Morgan fingerprint density at radius 1 is 1.41 bits per heavy atom. The number of rotatable bonds is 5. The van der Waals surface area contributed by atoms with Gasteiger partial charge in [0.15, 0.2) is 0 Å².